The number of alkyl halides is 3. The number of nitrogens with zero attached hydrogens (tertiary/aromatic N) is 3. The third-order valence-electron chi connectivity index (χ3n) is 2.80. The largest absolute Gasteiger partial charge is 0.481 e. The molecule has 0 saturated carbocycles. The molecule has 0 bridgehead atoms. The average molecular weight is 305 g/mol. The Balaban J connectivity index is 0.00000106. The van der Waals surface area contributed by atoms with Crippen molar-refractivity contribution in [3.05, 3.63) is 29.2 Å². The predicted molar refractivity (Wildman–Crippen MR) is 66.8 cm³/mol. The van der Waals surface area contributed by atoms with Gasteiger partial charge in [-0.3, -0.25) is 9.20 Å². The van der Waals surface area contributed by atoms with Gasteiger partial charge in [0.05, 0.1) is 0 Å². The molecule has 0 aliphatic heterocycles. The normalized spacial score (nSPS) is 11.1. The van der Waals surface area contributed by atoms with E-state index in [2.05, 4.69) is 10.2 Å². The number of pyridine rings is 1. The Labute approximate surface area is 117 Å². The summed E-state index contributed by atoms with van der Waals surface area (Å²) < 4.78 is 38.8. The van der Waals surface area contributed by atoms with Crippen LogP contribution in [0.1, 0.15) is 23.4 Å². The van der Waals surface area contributed by atoms with Crippen molar-refractivity contribution >= 4 is 11.6 Å². The first kappa shape index (κ1) is 16.9. The van der Waals surface area contributed by atoms with Gasteiger partial charge in [-0.15, -0.1) is 10.2 Å². The number of carboxylic acid groups (broad SMARTS) is 1. The van der Waals surface area contributed by atoms with Gasteiger partial charge in [0.25, 0.3) is 0 Å². The fraction of sp³-hybridized carbons (Fsp3) is 0.417. The maximum Gasteiger partial charge on any atom is 0.452 e. The summed E-state index contributed by atoms with van der Waals surface area (Å²) in [7, 11) is 1.00. The minimum absolute atomic E-state index is 0.0860. The van der Waals surface area contributed by atoms with Crippen LogP contribution in [0.15, 0.2) is 12.3 Å². The number of aliphatic carboxylic acids is 1. The average Bonchev–Trinajstić information content (AvgIpc) is 2.84. The summed E-state index contributed by atoms with van der Waals surface area (Å²) in [6.07, 6.45) is -3.21. The van der Waals surface area contributed by atoms with Crippen molar-refractivity contribution in [1.82, 2.24) is 14.6 Å². The van der Waals surface area contributed by atoms with Gasteiger partial charge >= 0.3 is 12.1 Å². The van der Waals surface area contributed by atoms with Crippen molar-refractivity contribution < 1.29 is 28.2 Å². The van der Waals surface area contributed by atoms with E-state index in [1.165, 1.54) is 12.3 Å². The minimum atomic E-state index is -4.57. The molecule has 0 radical (unpaired) electrons. The summed E-state index contributed by atoms with van der Waals surface area (Å²) in [6, 6.07) is 1.46. The quantitative estimate of drug-likeness (QED) is 0.901. The third kappa shape index (κ3) is 3.69. The lowest BCUT2D eigenvalue weighted by atomic mass is 10.1. The molecule has 0 atom stereocenters. The van der Waals surface area contributed by atoms with E-state index in [1.807, 2.05) is 0 Å². The number of rotatable bonds is 3. The SMILES string of the molecule is CO.Cc1c(CCC(=O)O)ccn2c(C(F)(F)F)nnc12. The number of hydrogen-bond acceptors (Lipinski definition) is 4. The molecule has 0 unspecified atom stereocenters. The standard InChI is InChI=1S/C11H10F3N3O2.CH4O/c1-6-7(2-3-8(18)19)4-5-17-9(6)15-16-10(17)11(12,13)14;1-2/h4-5H,2-3H2,1H3,(H,18,19);2H,1H3. The van der Waals surface area contributed by atoms with E-state index in [0.717, 1.165) is 11.5 Å². The Bertz CT molecular complexity index is 638. The smallest absolute Gasteiger partial charge is 0.452 e. The number of halogens is 3. The Morgan fingerprint density at radius 3 is 2.48 bits per heavy atom. The van der Waals surface area contributed by atoms with E-state index in [9.17, 15) is 18.0 Å². The first-order valence-corrected chi connectivity index (χ1v) is 5.87. The highest BCUT2D eigenvalue weighted by molar-refractivity contribution is 5.67. The van der Waals surface area contributed by atoms with Crippen LogP contribution in [0, 0.1) is 6.92 Å². The molecule has 0 aromatic carbocycles. The predicted octanol–water partition coefficient (Wildman–Crippen LogP) is 1.68. The zero-order chi connectivity index (χ0) is 16.2. The Morgan fingerprint density at radius 1 is 1.33 bits per heavy atom. The number of carbonyl (C=O) groups is 1. The van der Waals surface area contributed by atoms with Gasteiger partial charge in [-0.05, 0) is 30.5 Å². The van der Waals surface area contributed by atoms with Crippen LogP contribution < -0.4 is 0 Å². The van der Waals surface area contributed by atoms with Crippen LogP contribution >= 0.6 is 0 Å². The fourth-order valence-corrected chi connectivity index (χ4v) is 1.83. The highest BCUT2D eigenvalue weighted by Gasteiger charge is 2.37. The molecule has 0 aliphatic rings. The molecule has 2 N–H and O–H groups in total. The van der Waals surface area contributed by atoms with E-state index in [1.54, 1.807) is 6.92 Å². The lowest BCUT2D eigenvalue weighted by Gasteiger charge is -2.08. The summed E-state index contributed by atoms with van der Waals surface area (Å²) in [6.45, 7) is 1.60. The highest BCUT2D eigenvalue weighted by atomic mass is 19.4. The number of fused-ring (bicyclic) bond motifs is 1. The number of hydrogen-bond donors (Lipinski definition) is 2. The molecular weight excluding hydrogens is 291 g/mol. The van der Waals surface area contributed by atoms with Crippen molar-refractivity contribution in [2.45, 2.75) is 25.9 Å². The van der Waals surface area contributed by atoms with Crippen LogP contribution in [0.2, 0.25) is 0 Å². The van der Waals surface area contributed by atoms with Crippen LogP contribution in [0.4, 0.5) is 13.2 Å². The molecular formula is C12H14F3N3O3. The van der Waals surface area contributed by atoms with Crippen molar-refractivity contribution in [1.29, 1.82) is 0 Å². The first-order chi connectivity index (χ1) is 9.80. The van der Waals surface area contributed by atoms with Crippen LogP contribution in [0.5, 0.6) is 0 Å². The van der Waals surface area contributed by atoms with Gasteiger partial charge in [-0.25, -0.2) is 0 Å². The van der Waals surface area contributed by atoms with E-state index in [4.69, 9.17) is 10.2 Å². The molecule has 0 saturated heterocycles. The number of aliphatic hydroxyl groups is 1. The summed E-state index contributed by atoms with van der Waals surface area (Å²) in [5.41, 5.74) is 1.25. The van der Waals surface area contributed by atoms with Crippen molar-refractivity contribution in [3.8, 4) is 0 Å². The molecule has 0 amide bonds. The van der Waals surface area contributed by atoms with Gasteiger partial charge < -0.3 is 10.2 Å². The van der Waals surface area contributed by atoms with Crippen molar-refractivity contribution in [3.63, 3.8) is 0 Å². The lowest BCUT2D eigenvalue weighted by Crippen LogP contribution is -2.11. The Morgan fingerprint density at radius 2 is 1.95 bits per heavy atom. The highest BCUT2D eigenvalue weighted by Crippen LogP contribution is 2.29. The molecule has 2 aromatic rings. The maximum atomic E-state index is 12.6. The van der Waals surface area contributed by atoms with E-state index in [0.29, 0.717) is 11.1 Å². The van der Waals surface area contributed by atoms with E-state index in [-0.39, 0.29) is 18.5 Å². The summed E-state index contributed by atoms with van der Waals surface area (Å²) in [5.74, 6) is -2.05. The number of aryl methyl sites for hydroxylation is 2. The first-order valence-electron chi connectivity index (χ1n) is 5.87. The second-order valence-electron chi connectivity index (χ2n) is 4.07. The third-order valence-corrected chi connectivity index (χ3v) is 2.80. The topological polar surface area (TPSA) is 87.7 Å². The second kappa shape index (κ2) is 6.53. The summed E-state index contributed by atoms with van der Waals surface area (Å²) in [5, 5.41) is 22.3. The molecule has 21 heavy (non-hydrogen) atoms. The van der Waals surface area contributed by atoms with Gasteiger partial charge in [-0.2, -0.15) is 13.2 Å². The van der Waals surface area contributed by atoms with Gasteiger partial charge in [-0.1, -0.05) is 0 Å². The van der Waals surface area contributed by atoms with Crippen molar-refractivity contribution in [2.24, 2.45) is 0 Å². The maximum absolute atomic E-state index is 12.6. The van der Waals surface area contributed by atoms with E-state index < -0.39 is 18.0 Å². The van der Waals surface area contributed by atoms with Crippen LogP contribution in [0.25, 0.3) is 5.65 Å². The molecule has 0 aliphatic carbocycles. The van der Waals surface area contributed by atoms with E-state index >= 15 is 0 Å². The number of carboxylic acids is 1. The lowest BCUT2D eigenvalue weighted by molar-refractivity contribution is -0.145. The molecule has 116 valence electrons. The monoisotopic (exact) mass is 305 g/mol. The second-order valence-corrected chi connectivity index (χ2v) is 4.07. The van der Waals surface area contributed by atoms with Gasteiger partial charge in [0.1, 0.15) is 0 Å². The number of aromatic nitrogens is 3. The van der Waals surface area contributed by atoms with Crippen LogP contribution in [-0.4, -0.2) is 37.9 Å². The molecule has 2 rings (SSSR count). The Kier molecular flexibility index (Phi) is 5.25. The molecule has 2 aromatic heterocycles. The fourth-order valence-electron chi connectivity index (χ4n) is 1.83. The summed E-state index contributed by atoms with van der Waals surface area (Å²) >= 11 is 0. The molecule has 0 fully saturated rings. The molecule has 6 nitrogen and oxygen atoms in total. The molecule has 2 heterocycles. The van der Waals surface area contributed by atoms with Crippen molar-refractivity contribution in [2.75, 3.05) is 7.11 Å². The Hall–Kier alpha value is -2.16. The van der Waals surface area contributed by atoms with Crippen LogP contribution in [-0.2, 0) is 17.4 Å². The van der Waals surface area contributed by atoms with Gasteiger partial charge in [0, 0.05) is 19.7 Å². The zero-order valence-corrected chi connectivity index (χ0v) is 11.3. The number of aliphatic hydroxyl groups excluding tert-OH is 1. The minimum Gasteiger partial charge on any atom is -0.481 e. The van der Waals surface area contributed by atoms with Gasteiger partial charge in [0.2, 0.25) is 5.82 Å². The molecule has 0 spiro atoms. The van der Waals surface area contributed by atoms with Gasteiger partial charge in [0.15, 0.2) is 5.65 Å². The summed E-state index contributed by atoms with van der Waals surface area (Å²) in [4.78, 5) is 10.5. The van der Waals surface area contributed by atoms with Crippen LogP contribution in [0.3, 0.4) is 0 Å². The zero-order valence-electron chi connectivity index (χ0n) is 11.3. The molecule has 9 heteroatoms.